The van der Waals surface area contributed by atoms with Gasteiger partial charge in [0.2, 0.25) is 0 Å². The molecule has 2 rings (SSSR count). The van der Waals surface area contributed by atoms with Crippen LogP contribution in [0.15, 0.2) is 36.4 Å². The topological polar surface area (TPSA) is 80.4 Å². The minimum atomic E-state index is -1.47. The van der Waals surface area contributed by atoms with Gasteiger partial charge in [-0.2, -0.15) is 0 Å². The molecule has 0 fully saturated rings. The molecule has 0 saturated carbocycles. The Morgan fingerprint density at radius 2 is 1.85 bits per heavy atom. The fourth-order valence-corrected chi connectivity index (χ4v) is 1.75. The lowest BCUT2D eigenvalue weighted by Gasteiger charge is -2.05. The van der Waals surface area contributed by atoms with Crippen LogP contribution in [0, 0.1) is 21.7 Å². The van der Waals surface area contributed by atoms with Crippen LogP contribution < -0.4 is 0 Å². The second-order valence-electron chi connectivity index (χ2n) is 3.92. The van der Waals surface area contributed by atoms with E-state index in [1.54, 1.807) is 0 Å². The Morgan fingerprint density at radius 3 is 2.45 bits per heavy atom. The zero-order valence-electron chi connectivity index (χ0n) is 9.84. The first-order valence-electron chi connectivity index (χ1n) is 5.37. The summed E-state index contributed by atoms with van der Waals surface area (Å²) >= 11 is 0. The minimum absolute atomic E-state index is 0.0266. The van der Waals surface area contributed by atoms with Crippen LogP contribution in [-0.2, 0) is 0 Å². The van der Waals surface area contributed by atoms with Gasteiger partial charge in [-0.05, 0) is 29.8 Å². The molecule has 102 valence electrons. The highest BCUT2D eigenvalue weighted by Gasteiger charge is 2.21. The van der Waals surface area contributed by atoms with E-state index in [9.17, 15) is 23.7 Å². The Balaban J connectivity index is 2.65. The molecule has 0 unspecified atom stereocenters. The number of nitrogens with zero attached hydrogens (tertiary/aromatic N) is 1. The molecule has 5 nitrogen and oxygen atoms in total. The molecule has 20 heavy (non-hydrogen) atoms. The minimum Gasteiger partial charge on any atom is -0.477 e. The molecule has 0 heterocycles. The van der Waals surface area contributed by atoms with E-state index < -0.39 is 33.8 Å². The molecule has 2 aromatic rings. The molecule has 0 radical (unpaired) electrons. The van der Waals surface area contributed by atoms with Gasteiger partial charge in [-0.25, -0.2) is 13.6 Å². The molecule has 0 amide bonds. The first-order valence-corrected chi connectivity index (χ1v) is 5.37. The number of hydrogen-bond acceptors (Lipinski definition) is 3. The Labute approximate surface area is 111 Å². The summed E-state index contributed by atoms with van der Waals surface area (Å²) in [5.74, 6) is -2.93. The fraction of sp³-hybridized carbons (Fsp3) is 0. The lowest BCUT2D eigenvalue weighted by atomic mass is 10.0. The highest BCUT2D eigenvalue weighted by atomic mass is 19.1. The zero-order chi connectivity index (χ0) is 14.9. The number of nitro benzene ring substituents is 1. The van der Waals surface area contributed by atoms with E-state index in [1.807, 2.05) is 0 Å². The molecule has 2 aromatic carbocycles. The zero-order valence-corrected chi connectivity index (χ0v) is 9.84. The van der Waals surface area contributed by atoms with Gasteiger partial charge in [0.25, 0.3) is 5.69 Å². The largest absolute Gasteiger partial charge is 0.477 e. The normalized spacial score (nSPS) is 10.3. The third-order valence-corrected chi connectivity index (χ3v) is 2.66. The van der Waals surface area contributed by atoms with Crippen molar-refractivity contribution in [3.63, 3.8) is 0 Å². The van der Waals surface area contributed by atoms with E-state index in [1.165, 1.54) is 6.07 Å². The number of benzene rings is 2. The predicted octanol–water partition coefficient (Wildman–Crippen LogP) is 3.24. The molecule has 0 spiro atoms. The molecule has 0 aliphatic heterocycles. The van der Waals surface area contributed by atoms with E-state index in [0.717, 1.165) is 30.3 Å². The number of nitro groups is 1. The van der Waals surface area contributed by atoms with Gasteiger partial charge in [0.05, 0.1) is 4.92 Å². The Bertz CT molecular complexity index is 716. The van der Waals surface area contributed by atoms with Crippen LogP contribution in [-0.4, -0.2) is 16.0 Å². The van der Waals surface area contributed by atoms with Crippen molar-refractivity contribution in [3.05, 3.63) is 63.7 Å². The summed E-state index contributed by atoms with van der Waals surface area (Å²) in [5.41, 5.74) is -1.35. The number of carboxylic acid groups (broad SMARTS) is 1. The van der Waals surface area contributed by atoms with Crippen molar-refractivity contribution in [2.24, 2.45) is 0 Å². The molecule has 0 bridgehead atoms. The van der Waals surface area contributed by atoms with E-state index in [0.29, 0.717) is 0 Å². The molecule has 0 aliphatic rings. The van der Waals surface area contributed by atoms with Crippen LogP contribution in [0.25, 0.3) is 11.1 Å². The van der Waals surface area contributed by atoms with Crippen molar-refractivity contribution in [2.45, 2.75) is 0 Å². The highest BCUT2D eigenvalue weighted by Crippen LogP contribution is 2.29. The summed E-state index contributed by atoms with van der Waals surface area (Å²) < 4.78 is 26.7. The maximum atomic E-state index is 13.6. The summed E-state index contributed by atoms with van der Waals surface area (Å²) in [5, 5.41) is 19.7. The van der Waals surface area contributed by atoms with Crippen LogP contribution in [0.2, 0.25) is 0 Å². The number of carboxylic acids is 1. The standard InChI is InChI=1S/C13H7F2NO4/c14-8-2-4-11(15)10(6-8)7-1-3-9(13(17)18)12(5-7)16(19)20/h1-6H,(H,17,18). The van der Waals surface area contributed by atoms with Gasteiger partial charge in [-0.1, -0.05) is 6.07 Å². The lowest BCUT2D eigenvalue weighted by molar-refractivity contribution is -0.385. The Kier molecular flexibility index (Phi) is 3.43. The average molecular weight is 279 g/mol. The van der Waals surface area contributed by atoms with Gasteiger partial charge in [-0.3, -0.25) is 10.1 Å². The number of rotatable bonds is 3. The van der Waals surface area contributed by atoms with Crippen molar-refractivity contribution in [1.82, 2.24) is 0 Å². The average Bonchev–Trinajstić information content (AvgIpc) is 2.40. The molecule has 0 aliphatic carbocycles. The van der Waals surface area contributed by atoms with E-state index in [4.69, 9.17) is 5.11 Å². The maximum absolute atomic E-state index is 13.6. The van der Waals surface area contributed by atoms with Crippen LogP contribution in [0.1, 0.15) is 10.4 Å². The van der Waals surface area contributed by atoms with Gasteiger partial charge >= 0.3 is 5.97 Å². The Morgan fingerprint density at radius 1 is 1.15 bits per heavy atom. The van der Waals surface area contributed by atoms with Gasteiger partial charge in [0.1, 0.15) is 17.2 Å². The van der Waals surface area contributed by atoms with Crippen molar-refractivity contribution in [1.29, 1.82) is 0 Å². The molecule has 0 atom stereocenters. The third-order valence-electron chi connectivity index (χ3n) is 2.66. The predicted molar refractivity (Wildman–Crippen MR) is 65.4 cm³/mol. The Hall–Kier alpha value is -2.83. The summed E-state index contributed by atoms with van der Waals surface area (Å²) in [6.45, 7) is 0. The molecular formula is C13H7F2NO4. The number of halogens is 2. The molecule has 1 N–H and O–H groups in total. The van der Waals surface area contributed by atoms with Crippen molar-refractivity contribution >= 4 is 11.7 Å². The van der Waals surface area contributed by atoms with Crippen LogP contribution in [0.4, 0.5) is 14.5 Å². The number of carbonyl (C=O) groups is 1. The fourth-order valence-electron chi connectivity index (χ4n) is 1.75. The maximum Gasteiger partial charge on any atom is 0.342 e. The van der Waals surface area contributed by atoms with E-state index in [2.05, 4.69) is 0 Å². The molecule has 0 saturated heterocycles. The first-order chi connectivity index (χ1) is 9.40. The summed E-state index contributed by atoms with van der Waals surface area (Å²) in [4.78, 5) is 20.8. The molecule has 7 heteroatoms. The molecule has 0 aromatic heterocycles. The smallest absolute Gasteiger partial charge is 0.342 e. The number of hydrogen-bond donors (Lipinski definition) is 1. The van der Waals surface area contributed by atoms with Gasteiger partial charge in [0.15, 0.2) is 0 Å². The van der Waals surface area contributed by atoms with Crippen LogP contribution in [0.5, 0.6) is 0 Å². The van der Waals surface area contributed by atoms with Crippen LogP contribution in [0.3, 0.4) is 0 Å². The summed E-state index contributed by atoms with van der Waals surface area (Å²) in [7, 11) is 0. The van der Waals surface area contributed by atoms with Gasteiger partial charge < -0.3 is 5.11 Å². The second kappa shape index (κ2) is 5.04. The summed E-state index contributed by atoms with van der Waals surface area (Å²) in [6, 6.07) is 5.77. The molecular weight excluding hydrogens is 272 g/mol. The van der Waals surface area contributed by atoms with E-state index in [-0.39, 0.29) is 11.1 Å². The van der Waals surface area contributed by atoms with Crippen LogP contribution >= 0.6 is 0 Å². The van der Waals surface area contributed by atoms with Gasteiger partial charge in [0, 0.05) is 11.6 Å². The highest BCUT2D eigenvalue weighted by molar-refractivity contribution is 5.93. The van der Waals surface area contributed by atoms with Crippen molar-refractivity contribution in [3.8, 4) is 11.1 Å². The second-order valence-corrected chi connectivity index (χ2v) is 3.92. The van der Waals surface area contributed by atoms with Gasteiger partial charge in [-0.15, -0.1) is 0 Å². The summed E-state index contributed by atoms with van der Waals surface area (Å²) in [6.07, 6.45) is 0. The van der Waals surface area contributed by atoms with E-state index >= 15 is 0 Å². The first kappa shape index (κ1) is 13.6. The van der Waals surface area contributed by atoms with Crippen molar-refractivity contribution < 1.29 is 23.6 Å². The lowest BCUT2D eigenvalue weighted by Crippen LogP contribution is -2.02. The van der Waals surface area contributed by atoms with Crippen molar-refractivity contribution in [2.75, 3.05) is 0 Å². The quantitative estimate of drug-likeness (QED) is 0.690. The third kappa shape index (κ3) is 2.46. The SMILES string of the molecule is O=C(O)c1ccc(-c2cc(F)ccc2F)cc1[N+](=O)[O-]. The number of aromatic carboxylic acids is 1. The monoisotopic (exact) mass is 279 g/mol.